The van der Waals surface area contributed by atoms with Crippen molar-refractivity contribution in [2.45, 2.75) is 6.10 Å². The second-order valence-corrected chi connectivity index (χ2v) is 1.65. The summed E-state index contributed by atoms with van der Waals surface area (Å²) in [6.45, 7) is 0.924. The maximum absolute atomic E-state index is 9.62. The van der Waals surface area contributed by atoms with E-state index in [4.69, 9.17) is 5.11 Å². The molecule has 0 unspecified atom stereocenters. The Balaban J connectivity index is 2.17. The lowest BCUT2D eigenvalue weighted by Gasteiger charge is -2.30. The largest absolute Gasteiger partial charge is 0.389 e. The van der Waals surface area contributed by atoms with E-state index in [0.29, 0.717) is 13.1 Å². The number of amides is 1. The number of β-amino-alcohol motifs (C(OH)–C–C–N with tert-alkyl or cyclic N) is 1. The second-order valence-electron chi connectivity index (χ2n) is 1.65. The highest BCUT2D eigenvalue weighted by atomic mass is 16.3. The number of rotatable bonds is 1. The van der Waals surface area contributed by atoms with Crippen LogP contribution in [-0.2, 0) is 4.79 Å². The quantitative estimate of drug-likeness (QED) is 0.446. The maximum atomic E-state index is 9.62. The number of nitrogens with zero attached hydrogens (tertiary/aromatic N) is 1. The first-order chi connectivity index (χ1) is 3.33. The third kappa shape index (κ3) is 0.718. The van der Waals surface area contributed by atoms with Crippen LogP contribution < -0.4 is 0 Å². The molecule has 1 fully saturated rings. The fraction of sp³-hybridized carbons (Fsp3) is 0.750. The molecule has 1 rings (SSSR count). The molecule has 1 amide bonds. The summed E-state index contributed by atoms with van der Waals surface area (Å²) >= 11 is 0. The molecule has 0 aliphatic carbocycles. The van der Waals surface area contributed by atoms with Gasteiger partial charge in [0.05, 0.1) is 6.10 Å². The molecule has 3 heteroatoms. The summed E-state index contributed by atoms with van der Waals surface area (Å²) in [5.74, 6) is 0. The zero-order chi connectivity index (χ0) is 5.28. The monoisotopic (exact) mass is 100 g/mol. The van der Waals surface area contributed by atoms with Crippen LogP contribution in [0.3, 0.4) is 0 Å². The van der Waals surface area contributed by atoms with E-state index < -0.39 is 0 Å². The van der Waals surface area contributed by atoms with Crippen LogP contribution >= 0.6 is 0 Å². The standard InChI is InChI=1S/C4H6NO2/c6-3-5-1-4(7)2-5/h4,7H,1-2H2. The van der Waals surface area contributed by atoms with Gasteiger partial charge in [0, 0.05) is 13.1 Å². The van der Waals surface area contributed by atoms with Gasteiger partial charge >= 0.3 is 6.41 Å². The van der Waals surface area contributed by atoms with Crippen molar-refractivity contribution in [3.8, 4) is 0 Å². The molecule has 1 saturated heterocycles. The zero-order valence-electron chi connectivity index (χ0n) is 3.79. The van der Waals surface area contributed by atoms with Gasteiger partial charge in [-0.2, -0.15) is 0 Å². The van der Waals surface area contributed by atoms with Crippen molar-refractivity contribution >= 4 is 6.41 Å². The predicted molar refractivity (Wildman–Crippen MR) is 23.3 cm³/mol. The normalized spacial score (nSPS) is 21.6. The molecular formula is C4H6NO2. The Morgan fingerprint density at radius 2 is 2.29 bits per heavy atom. The van der Waals surface area contributed by atoms with E-state index in [-0.39, 0.29) is 6.10 Å². The summed E-state index contributed by atoms with van der Waals surface area (Å²) in [4.78, 5) is 11.0. The molecule has 39 valence electrons. The summed E-state index contributed by atoms with van der Waals surface area (Å²) in [5.41, 5.74) is 0. The molecule has 1 aliphatic rings. The van der Waals surface area contributed by atoms with Crippen molar-refractivity contribution in [1.29, 1.82) is 0 Å². The Morgan fingerprint density at radius 1 is 1.71 bits per heavy atom. The maximum Gasteiger partial charge on any atom is 0.312 e. The van der Waals surface area contributed by atoms with Crippen LogP contribution in [0.1, 0.15) is 0 Å². The Hall–Kier alpha value is -0.570. The smallest absolute Gasteiger partial charge is 0.312 e. The molecular weight excluding hydrogens is 94.0 g/mol. The zero-order valence-corrected chi connectivity index (χ0v) is 3.79. The van der Waals surface area contributed by atoms with E-state index in [0.717, 1.165) is 0 Å². The van der Waals surface area contributed by atoms with Gasteiger partial charge < -0.3 is 10.0 Å². The number of carbonyl (C=O) groups excluding carboxylic acids is 1. The predicted octanol–water partition coefficient (Wildman–Crippen LogP) is -1.27. The molecule has 0 saturated carbocycles. The van der Waals surface area contributed by atoms with Crippen LogP contribution in [0.2, 0.25) is 0 Å². The first-order valence-corrected chi connectivity index (χ1v) is 2.13. The molecule has 1 heterocycles. The van der Waals surface area contributed by atoms with Gasteiger partial charge in [0.25, 0.3) is 0 Å². The van der Waals surface area contributed by atoms with Gasteiger partial charge in [-0.05, 0) is 0 Å². The molecule has 0 aromatic carbocycles. The average Bonchev–Trinajstić information content (AvgIpc) is 1.58. The van der Waals surface area contributed by atoms with Crippen LogP contribution in [0.5, 0.6) is 0 Å². The summed E-state index contributed by atoms with van der Waals surface area (Å²) in [5, 5.41) is 8.53. The lowest BCUT2D eigenvalue weighted by Crippen LogP contribution is -2.49. The topological polar surface area (TPSA) is 40.5 Å². The highest BCUT2D eigenvalue weighted by Crippen LogP contribution is 2.01. The molecule has 0 spiro atoms. The first kappa shape index (κ1) is 4.59. The molecule has 1 N–H and O–H groups in total. The highest BCUT2D eigenvalue weighted by Gasteiger charge is 2.22. The van der Waals surface area contributed by atoms with Crippen molar-refractivity contribution in [1.82, 2.24) is 4.90 Å². The van der Waals surface area contributed by atoms with Crippen LogP contribution in [-0.4, -0.2) is 35.6 Å². The average molecular weight is 100 g/mol. The van der Waals surface area contributed by atoms with Gasteiger partial charge in [-0.15, -0.1) is 0 Å². The van der Waals surface area contributed by atoms with Gasteiger partial charge in [0.15, 0.2) is 0 Å². The lowest BCUT2D eigenvalue weighted by molar-refractivity contribution is 0.0449. The van der Waals surface area contributed by atoms with E-state index in [2.05, 4.69) is 0 Å². The summed E-state index contributed by atoms with van der Waals surface area (Å²) in [6, 6.07) is 0. The molecule has 7 heavy (non-hydrogen) atoms. The minimum Gasteiger partial charge on any atom is -0.389 e. The van der Waals surface area contributed by atoms with E-state index in [1.54, 1.807) is 6.41 Å². The molecule has 0 atom stereocenters. The van der Waals surface area contributed by atoms with Crippen LogP contribution in [0.4, 0.5) is 0 Å². The first-order valence-electron chi connectivity index (χ1n) is 2.13. The van der Waals surface area contributed by atoms with Crippen molar-refractivity contribution in [2.24, 2.45) is 0 Å². The summed E-state index contributed by atoms with van der Waals surface area (Å²) in [7, 11) is 0. The van der Waals surface area contributed by atoms with Crippen molar-refractivity contribution < 1.29 is 9.90 Å². The molecule has 1 radical (unpaired) electrons. The van der Waals surface area contributed by atoms with Gasteiger partial charge in [0.1, 0.15) is 0 Å². The Morgan fingerprint density at radius 3 is 2.43 bits per heavy atom. The van der Waals surface area contributed by atoms with Crippen molar-refractivity contribution in [3.63, 3.8) is 0 Å². The lowest BCUT2D eigenvalue weighted by atomic mass is 10.2. The fourth-order valence-electron chi connectivity index (χ4n) is 0.530. The minimum atomic E-state index is -0.290. The molecule has 3 nitrogen and oxygen atoms in total. The third-order valence-corrected chi connectivity index (χ3v) is 0.991. The fourth-order valence-corrected chi connectivity index (χ4v) is 0.530. The van der Waals surface area contributed by atoms with E-state index in [1.807, 2.05) is 0 Å². The number of likely N-dealkylation sites (tertiary alicyclic amines) is 1. The molecule has 0 aromatic rings. The van der Waals surface area contributed by atoms with Gasteiger partial charge in [-0.3, -0.25) is 4.79 Å². The Bertz CT molecular complexity index is 77.8. The minimum absolute atomic E-state index is 0.290. The van der Waals surface area contributed by atoms with E-state index >= 15 is 0 Å². The molecule has 1 aliphatic heterocycles. The second kappa shape index (κ2) is 1.50. The number of hydrogen-bond acceptors (Lipinski definition) is 2. The summed E-state index contributed by atoms with van der Waals surface area (Å²) < 4.78 is 0. The SMILES string of the molecule is O=[C]N1CC(O)C1. The van der Waals surface area contributed by atoms with Gasteiger partial charge in [0.2, 0.25) is 0 Å². The Labute approximate surface area is 41.5 Å². The van der Waals surface area contributed by atoms with Gasteiger partial charge in [-0.1, -0.05) is 0 Å². The van der Waals surface area contributed by atoms with Crippen molar-refractivity contribution in [3.05, 3.63) is 0 Å². The number of aliphatic hydroxyl groups is 1. The summed E-state index contributed by atoms with van der Waals surface area (Å²) in [6.07, 6.45) is 1.36. The van der Waals surface area contributed by atoms with Crippen molar-refractivity contribution in [2.75, 3.05) is 13.1 Å². The van der Waals surface area contributed by atoms with Crippen LogP contribution in [0, 0.1) is 0 Å². The Kier molecular flexibility index (Phi) is 0.982. The molecule has 0 bridgehead atoms. The van der Waals surface area contributed by atoms with Crippen LogP contribution in [0.15, 0.2) is 0 Å². The van der Waals surface area contributed by atoms with Crippen LogP contribution in [0.25, 0.3) is 0 Å². The van der Waals surface area contributed by atoms with Gasteiger partial charge in [-0.25, -0.2) is 0 Å². The highest BCUT2D eigenvalue weighted by molar-refractivity contribution is 5.49. The molecule has 0 aromatic heterocycles. The third-order valence-electron chi connectivity index (χ3n) is 0.991. The number of hydrogen-bond donors (Lipinski definition) is 1. The number of aliphatic hydroxyl groups excluding tert-OH is 1. The van der Waals surface area contributed by atoms with E-state index in [1.165, 1.54) is 4.90 Å². The van der Waals surface area contributed by atoms with E-state index in [9.17, 15) is 4.79 Å².